The molecule has 0 aromatic carbocycles. The summed E-state index contributed by atoms with van der Waals surface area (Å²) in [6, 6.07) is 0. The molecular formula is C11H16N6O2. The van der Waals surface area contributed by atoms with Crippen LogP contribution in [0.1, 0.15) is 26.6 Å². The highest BCUT2D eigenvalue weighted by Crippen LogP contribution is 2.13. The standard InChI is InChI=1S/C11H16N6O2/c1-11(2,3)19-10(18)13-4-6-16-7-8(12)14-5-15-9(7)17-6/h5H,4H2,1-3H3,(H,13,18)(H3,12,14,15,16,17). The van der Waals surface area contributed by atoms with Crippen LogP contribution in [0.4, 0.5) is 10.6 Å². The summed E-state index contributed by atoms with van der Waals surface area (Å²) in [4.78, 5) is 26.5. The van der Waals surface area contributed by atoms with E-state index in [1.165, 1.54) is 6.33 Å². The third-order valence-corrected chi connectivity index (χ3v) is 2.16. The largest absolute Gasteiger partial charge is 0.444 e. The molecule has 0 aliphatic carbocycles. The van der Waals surface area contributed by atoms with Gasteiger partial charge in [0.2, 0.25) is 0 Å². The summed E-state index contributed by atoms with van der Waals surface area (Å²) in [5, 5.41) is 2.59. The van der Waals surface area contributed by atoms with Crippen LogP contribution < -0.4 is 11.1 Å². The van der Waals surface area contributed by atoms with E-state index in [0.29, 0.717) is 22.8 Å². The van der Waals surface area contributed by atoms with Crippen molar-refractivity contribution >= 4 is 23.1 Å². The number of ether oxygens (including phenoxy) is 1. The number of carbonyl (C=O) groups is 1. The zero-order valence-corrected chi connectivity index (χ0v) is 11.0. The van der Waals surface area contributed by atoms with Crippen molar-refractivity contribution in [2.45, 2.75) is 32.9 Å². The number of aromatic amines is 1. The molecule has 0 unspecified atom stereocenters. The number of imidazole rings is 1. The molecule has 0 radical (unpaired) electrons. The second-order valence-corrected chi connectivity index (χ2v) is 5.00. The van der Waals surface area contributed by atoms with Crippen molar-refractivity contribution < 1.29 is 9.53 Å². The molecule has 0 spiro atoms. The first-order chi connectivity index (χ1) is 8.85. The number of hydrogen-bond acceptors (Lipinski definition) is 6. The van der Waals surface area contributed by atoms with Gasteiger partial charge in [0.15, 0.2) is 11.5 Å². The highest BCUT2D eigenvalue weighted by molar-refractivity contribution is 5.81. The third-order valence-electron chi connectivity index (χ3n) is 2.16. The minimum atomic E-state index is -0.534. The van der Waals surface area contributed by atoms with Crippen LogP contribution in [0.25, 0.3) is 11.2 Å². The van der Waals surface area contributed by atoms with E-state index in [2.05, 4.69) is 25.3 Å². The number of fused-ring (bicyclic) bond motifs is 1. The van der Waals surface area contributed by atoms with Crippen LogP contribution in [0.3, 0.4) is 0 Å². The Morgan fingerprint density at radius 2 is 2.21 bits per heavy atom. The van der Waals surface area contributed by atoms with Crippen LogP contribution in [-0.2, 0) is 11.3 Å². The van der Waals surface area contributed by atoms with Crippen molar-refractivity contribution in [3.8, 4) is 0 Å². The monoisotopic (exact) mass is 264 g/mol. The maximum absolute atomic E-state index is 11.5. The molecule has 0 fully saturated rings. The summed E-state index contributed by atoms with van der Waals surface area (Å²) in [5.41, 5.74) is 6.15. The van der Waals surface area contributed by atoms with Crippen LogP contribution >= 0.6 is 0 Å². The smallest absolute Gasteiger partial charge is 0.408 e. The van der Waals surface area contributed by atoms with Crippen molar-refractivity contribution in [3.05, 3.63) is 12.2 Å². The average molecular weight is 264 g/mol. The Morgan fingerprint density at radius 1 is 1.47 bits per heavy atom. The molecular weight excluding hydrogens is 248 g/mol. The lowest BCUT2D eigenvalue weighted by Crippen LogP contribution is -2.32. The predicted molar refractivity (Wildman–Crippen MR) is 69.2 cm³/mol. The van der Waals surface area contributed by atoms with Crippen molar-refractivity contribution in [2.75, 3.05) is 5.73 Å². The maximum Gasteiger partial charge on any atom is 0.408 e. The minimum absolute atomic E-state index is 0.199. The zero-order valence-electron chi connectivity index (χ0n) is 11.0. The first-order valence-corrected chi connectivity index (χ1v) is 5.77. The molecule has 2 rings (SSSR count). The lowest BCUT2D eigenvalue weighted by Gasteiger charge is -2.19. The van der Waals surface area contributed by atoms with Crippen molar-refractivity contribution in [3.63, 3.8) is 0 Å². The van der Waals surface area contributed by atoms with E-state index in [-0.39, 0.29) is 6.54 Å². The molecule has 0 aliphatic heterocycles. The van der Waals surface area contributed by atoms with E-state index >= 15 is 0 Å². The molecule has 8 heteroatoms. The fourth-order valence-electron chi connectivity index (χ4n) is 1.45. The summed E-state index contributed by atoms with van der Waals surface area (Å²) in [6.07, 6.45) is 0.841. The Labute approximate surface area is 109 Å². The lowest BCUT2D eigenvalue weighted by atomic mass is 10.2. The van der Waals surface area contributed by atoms with Crippen LogP contribution in [-0.4, -0.2) is 31.6 Å². The van der Waals surface area contributed by atoms with Gasteiger partial charge in [0.25, 0.3) is 0 Å². The minimum Gasteiger partial charge on any atom is -0.444 e. The Morgan fingerprint density at radius 3 is 2.84 bits per heavy atom. The van der Waals surface area contributed by atoms with Gasteiger partial charge in [-0.15, -0.1) is 0 Å². The van der Waals surface area contributed by atoms with Gasteiger partial charge in [0.05, 0.1) is 6.54 Å². The van der Waals surface area contributed by atoms with E-state index in [4.69, 9.17) is 10.5 Å². The number of amides is 1. The number of alkyl carbamates (subject to hydrolysis) is 1. The molecule has 19 heavy (non-hydrogen) atoms. The molecule has 102 valence electrons. The summed E-state index contributed by atoms with van der Waals surface area (Å²) in [7, 11) is 0. The molecule has 8 nitrogen and oxygen atoms in total. The number of rotatable bonds is 2. The third kappa shape index (κ3) is 3.30. The van der Waals surface area contributed by atoms with Gasteiger partial charge in [-0.05, 0) is 20.8 Å². The topological polar surface area (TPSA) is 119 Å². The molecule has 0 saturated carbocycles. The Bertz CT molecular complexity index is 601. The number of anilines is 1. The molecule has 4 N–H and O–H groups in total. The molecule has 2 aromatic heterocycles. The van der Waals surface area contributed by atoms with Gasteiger partial charge in [0, 0.05) is 0 Å². The van der Waals surface area contributed by atoms with Gasteiger partial charge in [-0.1, -0.05) is 0 Å². The number of nitrogens with one attached hydrogen (secondary N) is 2. The predicted octanol–water partition coefficient (Wildman–Crippen LogP) is 0.960. The van der Waals surface area contributed by atoms with E-state index < -0.39 is 11.7 Å². The fraction of sp³-hybridized carbons (Fsp3) is 0.455. The zero-order chi connectivity index (χ0) is 14.0. The quantitative estimate of drug-likeness (QED) is 0.743. The summed E-state index contributed by atoms with van der Waals surface area (Å²) >= 11 is 0. The first kappa shape index (κ1) is 13.1. The van der Waals surface area contributed by atoms with Crippen molar-refractivity contribution in [1.82, 2.24) is 25.3 Å². The fourth-order valence-corrected chi connectivity index (χ4v) is 1.45. The number of carbonyl (C=O) groups excluding carboxylic acids is 1. The summed E-state index contributed by atoms with van der Waals surface area (Å²) in [6.45, 7) is 5.59. The molecule has 1 amide bonds. The molecule has 0 atom stereocenters. The lowest BCUT2D eigenvalue weighted by molar-refractivity contribution is 0.0522. The van der Waals surface area contributed by atoms with Gasteiger partial charge in [-0.3, -0.25) is 0 Å². The SMILES string of the molecule is CC(C)(C)OC(=O)NCc1nc2c(N)ncnc2[nH]1. The highest BCUT2D eigenvalue weighted by Gasteiger charge is 2.16. The second-order valence-electron chi connectivity index (χ2n) is 5.00. The van der Waals surface area contributed by atoms with Crippen LogP contribution in [0.15, 0.2) is 6.33 Å². The number of aromatic nitrogens is 4. The van der Waals surface area contributed by atoms with Crippen LogP contribution in [0, 0.1) is 0 Å². The van der Waals surface area contributed by atoms with Crippen molar-refractivity contribution in [2.24, 2.45) is 0 Å². The number of H-pyrrole nitrogens is 1. The van der Waals surface area contributed by atoms with Gasteiger partial charge in [0.1, 0.15) is 23.3 Å². The molecule has 2 heterocycles. The average Bonchev–Trinajstić information content (AvgIpc) is 2.68. The number of nitrogens with two attached hydrogens (primary N) is 1. The van der Waals surface area contributed by atoms with E-state index in [9.17, 15) is 4.79 Å². The Hall–Kier alpha value is -2.38. The van der Waals surface area contributed by atoms with Gasteiger partial charge in [-0.2, -0.15) is 0 Å². The van der Waals surface area contributed by atoms with Crippen LogP contribution in [0.5, 0.6) is 0 Å². The van der Waals surface area contributed by atoms with E-state index in [1.807, 2.05) is 0 Å². The first-order valence-electron chi connectivity index (χ1n) is 5.77. The van der Waals surface area contributed by atoms with E-state index in [1.54, 1.807) is 20.8 Å². The van der Waals surface area contributed by atoms with Gasteiger partial charge in [-0.25, -0.2) is 19.7 Å². The highest BCUT2D eigenvalue weighted by atomic mass is 16.6. The molecule has 0 saturated heterocycles. The van der Waals surface area contributed by atoms with E-state index in [0.717, 1.165) is 0 Å². The van der Waals surface area contributed by atoms with Gasteiger partial charge >= 0.3 is 6.09 Å². The molecule has 0 aliphatic rings. The summed E-state index contributed by atoms with van der Waals surface area (Å²) < 4.78 is 5.11. The molecule has 0 bridgehead atoms. The van der Waals surface area contributed by atoms with Gasteiger partial charge < -0.3 is 20.8 Å². The normalized spacial score (nSPS) is 11.5. The number of nitrogen functional groups attached to an aromatic ring is 1. The maximum atomic E-state index is 11.5. The molecule has 2 aromatic rings. The Kier molecular flexibility index (Phi) is 3.24. The van der Waals surface area contributed by atoms with Crippen molar-refractivity contribution in [1.29, 1.82) is 0 Å². The second kappa shape index (κ2) is 4.71. The number of nitrogens with zero attached hydrogens (tertiary/aromatic N) is 3. The number of hydrogen-bond donors (Lipinski definition) is 3. The summed E-state index contributed by atoms with van der Waals surface area (Å²) in [5.74, 6) is 0.831. The van der Waals surface area contributed by atoms with Crippen LogP contribution in [0.2, 0.25) is 0 Å². The Balaban J connectivity index is 2.02.